The van der Waals surface area contributed by atoms with Crippen molar-refractivity contribution in [2.24, 2.45) is 0 Å². The van der Waals surface area contributed by atoms with E-state index >= 15 is 0 Å². The van der Waals surface area contributed by atoms with Gasteiger partial charge in [-0.3, -0.25) is 19.7 Å². The molecule has 1 fully saturated rings. The highest BCUT2D eigenvalue weighted by atomic mass is 16.6. The average molecular weight is 478 g/mol. The summed E-state index contributed by atoms with van der Waals surface area (Å²) in [6.45, 7) is 10.9. The molecule has 5 heterocycles. The molecule has 0 aliphatic carbocycles. The van der Waals surface area contributed by atoms with Gasteiger partial charge in [-0.2, -0.15) is 0 Å². The highest BCUT2D eigenvalue weighted by Gasteiger charge is 2.25. The van der Waals surface area contributed by atoms with Gasteiger partial charge in [0.1, 0.15) is 13.2 Å². The normalized spacial score (nSPS) is 16.8. The number of aryl methyl sites for hydroxylation is 1. The topological polar surface area (TPSA) is 72.7 Å². The molecule has 0 atom stereocenters. The first-order chi connectivity index (χ1) is 17.1. The molecule has 0 spiro atoms. The van der Waals surface area contributed by atoms with E-state index in [0.29, 0.717) is 25.8 Å². The number of nitrogens with zero attached hydrogens (tertiary/aromatic N) is 5. The van der Waals surface area contributed by atoms with Crippen molar-refractivity contribution in [3.8, 4) is 11.5 Å². The summed E-state index contributed by atoms with van der Waals surface area (Å²) < 4.78 is 13.2. The van der Waals surface area contributed by atoms with Gasteiger partial charge in [0, 0.05) is 44.0 Å². The van der Waals surface area contributed by atoms with Crippen LogP contribution in [0.5, 0.6) is 11.5 Å². The zero-order valence-electron chi connectivity index (χ0n) is 20.8. The van der Waals surface area contributed by atoms with E-state index in [-0.39, 0.29) is 5.56 Å². The maximum absolute atomic E-state index is 12.6. The molecule has 5 rings (SSSR count). The fourth-order valence-corrected chi connectivity index (χ4v) is 5.21. The fraction of sp³-hybridized carbons (Fsp3) is 0.519. The van der Waals surface area contributed by atoms with Crippen molar-refractivity contribution in [1.29, 1.82) is 0 Å². The van der Waals surface area contributed by atoms with Crippen molar-refractivity contribution in [1.82, 2.24) is 24.3 Å². The molecule has 2 aliphatic heterocycles. The van der Waals surface area contributed by atoms with E-state index in [9.17, 15) is 4.79 Å². The Balaban J connectivity index is 1.19. The summed E-state index contributed by atoms with van der Waals surface area (Å²) in [6.07, 6.45) is 7.00. The van der Waals surface area contributed by atoms with Crippen molar-refractivity contribution >= 4 is 11.0 Å². The maximum Gasteiger partial charge on any atom is 0.251 e. The molecule has 0 N–H and O–H groups in total. The van der Waals surface area contributed by atoms with E-state index in [1.807, 2.05) is 29.8 Å². The lowest BCUT2D eigenvalue weighted by molar-refractivity contribution is 0.0992. The van der Waals surface area contributed by atoms with Crippen molar-refractivity contribution in [2.75, 3.05) is 39.4 Å². The smallest absolute Gasteiger partial charge is 0.251 e. The summed E-state index contributed by atoms with van der Waals surface area (Å²) in [4.78, 5) is 26.7. The van der Waals surface area contributed by atoms with Crippen LogP contribution in [0.25, 0.3) is 11.0 Å². The molecule has 0 aromatic carbocycles. The summed E-state index contributed by atoms with van der Waals surface area (Å²) in [6, 6.07) is 8.08. The van der Waals surface area contributed by atoms with Crippen LogP contribution < -0.4 is 15.0 Å². The Morgan fingerprint density at radius 1 is 1.03 bits per heavy atom. The molecule has 0 radical (unpaired) electrons. The Bertz CT molecular complexity index is 1220. The lowest BCUT2D eigenvalue weighted by atomic mass is 10.0. The fourth-order valence-electron chi connectivity index (χ4n) is 5.21. The van der Waals surface area contributed by atoms with Crippen LogP contribution in [0.15, 0.2) is 41.5 Å². The number of hydrogen-bond acceptors (Lipinski definition) is 7. The Morgan fingerprint density at radius 2 is 1.83 bits per heavy atom. The number of rotatable bonds is 8. The zero-order chi connectivity index (χ0) is 24.2. The molecule has 2 aliphatic rings. The Labute approximate surface area is 206 Å². The molecule has 8 heteroatoms. The second-order valence-corrected chi connectivity index (χ2v) is 9.60. The number of pyridine rings is 3. The number of fused-ring (bicyclic) bond motifs is 2. The molecule has 8 nitrogen and oxygen atoms in total. The predicted molar refractivity (Wildman–Crippen MR) is 136 cm³/mol. The van der Waals surface area contributed by atoms with Gasteiger partial charge in [0.05, 0.1) is 22.9 Å². The summed E-state index contributed by atoms with van der Waals surface area (Å²) in [5, 5.41) is 0. The lowest BCUT2D eigenvalue weighted by Gasteiger charge is -2.38. The first-order valence-electron chi connectivity index (χ1n) is 12.8. The first kappa shape index (κ1) is 23.8. The van der Waals surface area contributed by atoms with Crippen LogP contribution in [0.3, 0.4) is 0 Å². The Morgan fingerprint density at radius 3 is 2.63 bits per heavy atom. The van der Waals surface area contributed by atoms with E-state index < -0.39 is 0 Å². The molecular formula is C27H35N5O3. The van der Waals surface area contributed by atoms with Crippen LogP contribution in [0.4, 0.5) is 0 Å². The maximum atomic E-state index is 12.6. The summed E-state index contributed by atoms with van der Waals surface area (Å²) in [5.74, 6) is 1.55. The van der Waals surface area contributed by atoms with E-state index in [2.05, 4.69) is 32.8 Å². The quantitative estimate of drug-likeness (QED) is 0.493. The minimum atomic E-state index is 0.0424. The summed E-state index contributed by atoms with van der Waals surface area (Å²) in [7, 11) is 0. The largest absolute Gasteiger partial charge is 0.486 e. The van der Waals surface area contributed by atoms with E-state index in [4.69, 9.17) is 9.47 Å². The van der Waals surface area contributed by atoms with Crippen molar-refractivity contribution in [3.63, 3.8) is 0 Å². The third-order valence-electron chi connectivity index (χ3n) is 7.05. The van der Waals surface area contributed by atoms with Gasteiger partial charge in [-0.05, 0) is 63.5 Å². The van der Waals surface area contributed by atoms with E-state index in [1.54, 1.807) is 12.3 Å². The average Bonchev–Trinajstić information content (AvgIpc) is 2.88. The molecule has 3 aromatic rings. The highest BCUT2D eigenvalue weighted by Crippen LogP contribution is 2.30. The number of hydrogen-bond donors (Lipinski definition) is 0. The second kappa shape index (κ2) is 10.7. The monoisotopic (exact) mass is 477 g/mol. The molecule has 35 heavy (non-hydrogen) atoms. The predicted octanol–water partition coefficient (Wildman–Crippen LogP) is 3.25. The Kier molecular flexibility index (Phi) is 7.29. The molecule has 0 saturated carbocycles. The number of piperidine rings is 1. The van der Waals surface area contributed by atoms with Crippen molar-refractivity contribution in [2.45, 2.75) is 52.2 Å². The van der Waals surface area contributed by atoms with Gasteiger partial charge in [0.15, 0.2) is 11.5 Å². The Hall–Kier alpha value is -2.97. The van der Waals surface area contributed by atoms with Crippen LogP contribution in [0.1, 0.15) is 37.4 Å². The van der Waals surface area contributed by atoms with Gasteiger partial charge in [-0.1, -0.05) is 6.92 Å². The zero-order valence-corrected chi connectivity index (χ0v) is 20.8. The van der Waals surface area contributed by atoms with Gasteiger partial charge < -0.3 is 18.9 Å². The van der Waals surface area contributed by atoms with Crippen LogP contribution in [0.2, 0.25) is 0 Å². The van der Waals surface area contributed by atoms with Crippen molar-refractivity contribution < 1.29 is 9.47 Å². The molecular weight excluding hydrogens is 442 g/mol. The number of ether oxygens (including phenoxy) is 2. The number of aromatic nitrogens is 3. The van der Waals surface area contributed by atoms with Crippen LogP contribution in [0, 0.1) is 6.92 Å². The van der Waals surface area contributed by atoms with E-state index in [0.717, 1.165) is 85.8 Å². The SMILES string of the molecule is CCCN(Cc1cc2c(cn1)OCCO2)C1CCN(CCn2c(=O)ccc3ncc(C)cc32)CC1. The van der Waals surface area contributed by atoms with Crippen LogP contribution in [-0.4, -0.2) is 69.8 Å². The molecule has 0 unspecified atom stereocenters. The van der Waals surface area contributed by atoms with Gasteiger partial charge in [-0.15, -0.1) is 0 Å². The summed E-state index contributed by atoms with van der Waals surface area (Å²) >= 11 is 0. The first-order valence-corrected chi connectivity index (χ1v) is 12.8. The second-order valence-electron chi connectivity index (χ2n) is 9.60. The number of likely N-dealkylation sites (tertiary alicyclic amines) is 1. The third kappa shape index (κ3) is 5.49. The van der Waals surface area contributed by atoms with Crippen LogP contribution >= 0.6 is 0 Å². The minimum absolute atomic E-state index is 0.0424. The minimum Gasteiger partial charge on any atom is -0.486 e. The molecule has 3 aromatic heterocycles. The third-order valence-corrected chi connectivity index (χ3v) is 7.05. The van der Waals surface area contributed by atoms with Gasteiger partial charge in [0.2, 0.25) is 0 Å². The molecule has 1 saturated heterocycles. The summed E-state index contributed by atoms with van der Waals surface area (Å²) in [5.41, 5.74) is 3.94. The lowest BCUT2D eigenvalue weighted by Crippen LogP contribution is -2.46. The van der Waals surface area contributed by atoms with Crippen molar-refractivity contribution in [3.05, 3.63) is 58.3 Å². The van der Waals surface area contributed by atoms with Gasteiger partial charge in [-0.25, -0.2) is 0 Å². The standard InChI is InChI=1S/C27H35N5O3/c1-3-8-31(19-21-16-25-26(18-28-21)35-14-13-34-25)22-6-9-30(10-7-22)11-12-32-24-15-20(2)17-29-23(24)4-5-27(32)33/h4-5,15-18,22H,3,6-14,19H2,1-2H3. The highest BCUT2D eigenvalue weighted by molar-refractivity contribution is 5.74. The molecule has 186 valence electrons. The van der Waals surface area contributed by atoms with Gasteiger partial charge in [0.25, 0.3) is 5.56 Å². The van der Waals surface area contributed by atoms with Crippen LogP contribution in [-0.2, 0) is 13.1 Å². The molecule has 0 amide bonds. The van der Waals surface area contributed by atoms with E-state index in [1.165, 1.54) is 0 Å². The molecule has 0 bridgehead atoms. The van der Waals surface area contributed by atoms with Gasteiger partial charge >= 0.3 is 0 Å².